The number of nitrogens with zero attached hydrogens (tertiary/aromatic N) is 2. The number of nitrogens with two attached hydrogens (primary N) is 1. The van der Waals surface area contributed by atoms with Gasteiger partial charge in [0.15, 0.2) is 0 Å². The average Bonchev–Trinajstić information content (AvgIpc) is 2.05. The lowest BCUT2D eigenvalue weighted by molar-refractivity contribution is 0.115. The highest BCUT2D eigenvalue weighted by Crippen LogP contribution is 2.29. The zero-order chi connectivity index (χ0) is 10.1. The van der Waals surface area contributed by atoms with E-state index in [-0.39, 0.29) is 11.4 Å². The van der Waals surface area contributed by atoms with E-state index in [1.165, 1.54) is 6.42 Å². The van der Waals surface area contributed by atoms with E-state index in [2.05, 4.69) is 9.97 Å². The number of rotatable bonds is 2. The minimum atomic E-state index is 0.186. The molecule has 0 radical (unpaired) electrons. The molecular formula is C9H12ClN3O. The van der Waals surface area contributed by atoms with Gasteiger partial charge in [0.1, 0.15) is 11.8 Å². The summed E-state index contributed by atoms with van der Waals surface area (Å²) in [5, 5.41) is 0.186. The predicted molar refractivity (Wildman–Crippen MR) is 54.5 cm³/mol. The molecule has 0 aliphatic heterocycles. The first-order valence-corrected chi connectivity index (χ1v) is 5.01. The summed E-state index contributed by atoms with van der Waals surface area (Å²) in [6.45, 7) is 1.79. The van der Waals surface area contributed by atoms with E-state index < -0.39 is 0 Å². The van der Waals surface area contributed by atoms with Gasteiger partial charge < -0.3 is 10.5 Å². The second-order valence-electron chi connectivity index (χ2n) is 3.47. The molecule has 1 fully saturated rings. The number of aromatic nitrogens is 2. The minimum Gasteiger partial charge on any atom is -0.473 e. The van der Waals surface area contributed by atoms with Gasteiger partial charge in [-0.3, -0.25) is 0 Å². The number of hydrogen-bond acceptors (Lipinski definition) is 4. The highest BCUT2D eigenvalue weighted by atomic mass is 35.5. The average molecular weight is 214 g/mol. The van der Waals surface area contributed by atoms with Gasteiger partial charge in [-0.2, -0.15) is 4.98 Å². The summed E-state index contributed by atoms with van der Waals surface area (Å²) in [6, 6.07) is 0. The molecule has 0 atom stereocenters. The molecule has 0 spiro atoms. The van der Waals surface area contributed by atoms with E-state index in [0.29, 0.717) is 17.3 Å². The molecule has 0 saturated heterocycles. The summed E-state index contributed by atoms with van der Waals surface area (Å²) in [5.41, 5.74) is 6.92. The number of anilines is 1. The second kappa shape index (κ2) is 3.61. The van der Waals surface area contributed by atoms with Gasteiger partial charge in [0, 0.05) is 0 Å². The molecule has 1 aliphatic rings. The lowest BCUT2D eigenvalue weighted by Gasteiger charge is -2.26. The molecule has 1 aliphatic carbocycles. The first-order chi connectivity index (χ1) is 6.66. The van der Waals surface area contributed by atoms with Crippen molar-refractivity contribution in [3.05, 3.63) is 11.0 Å². The Morgan fingerprint density at radius 2 is 2.14 bits per heavy atom. The first kappa shape index (κ1) is 9.52. The van der Waals surface area contributed by atoms with Crippen LogP contribution in [0.2, 0.25) is 5.28 Å². The number of aryl methyl sites for hydroxylation is 1. The zero-order valence-corrected chi connectivity index (χ0v) is 8.71. The maximum Gasteiger partial charge on any atom is 0.242 e. The minimum absolute atomic E-state index is 0.186. The molecule has 1 aromatic heterocycles. The van der Waals surface area contributed by atoms with E-state index in [4.69, 9.17) is 22.1 Å². The van der Waals surface area contributed by atoms with Crippen LogP contribution in [0.1, 0.15) is 25.0 Å². The number of halogens is 1. The molecule has 76 valence electrons. The molecule has 0 unspecified atom stereocenters. The van der Waals surface area contributed by atoms with Crippen LogP contribution in [-0.4, -0.2) is 16.1 Å². The Bertz CT molecular complexity index is 352. The van der Waals surface area contributed by atoms with Gasteiger partial charge in [-0.15, -0.1) is 0 Å². The van der Waals surface area contributed by atoms with Crippen molar-refractivity contribution < 1.29 is 4.74 Å². The molecule has 5 heteroatoms. The summed E-state index contributed by atoms with van der Waals surface area (Å²) < 4.78 is 5.58. The van der Waals surface area contributed by atoms with Gasteiger partial charge >= 0.3 is 0 Å². The molecule has 1 aromatic rings. The predicted octanol–water partition coefficient (Wildman–Crippen LogP) is 1.95. The van der Waals surface area contributed by atoms with Crippen molar-refractivity contribution in [2.75, 3.05) is 5.73 Å². The third-order valence-corrected chi connectivity index (χ3v) is 2.57. The summed E-state index contributed by atoms with van der Waals surface area (Å²) in [5.74, 6) is 0.423. The fraction of sp³-hybridized carbons (Fsp3) is 0.556. The van der Waals surface area contributed by atoms with Gasteiger partial charge in [-0.25, -0.2) is 4.98 Å². The first-order valence-electron chi connectivity index (χ1n) is 4.63. The van der Waals surface area contributed by atoms with Gasteiger partial charge in [-0.05, 0) is 37.8 Å². The topological polar surface area (TPSA) is 61.0 Å². The van der Waals surface area contributed by atoms with E-state index in [1.54, 1.807) is 6.92 Å². The second-order valence-corrected chi connectivity index (χ2v) is 3.81. The van der Waals surface area contributed by atoms with Crippen molar-refractivity contribution in [3.8, 4) is 5.88 Å². The van der Waals surface area contributed by atoms with Crippen LogP contribution in [0, 0.1) is 6.92 Å². The van der Waals surface area contributed by atoms with Crippen molar-refractivity contribution in [2.24, 2.45) is 0 Å². The lowest BCUT2D eigenvalue weighted by atomic mass is 9.96. The fourth-order valence-electron chi connectivity index (χ4n) is 1.26. The van der Waals surface area contributed by atoms with E-state index >= 15 is 0 Å². The molecule has 1 saturated carbocycles. The molecule has 14 heavy (non-hydrogen) atoms. The number of ether oxygens (including phenoxy) is 1. The van der Waals surface area contributed by atoms with Crippen molar-refractivity contribution in [1.29, 1.82) is 0 Å². The lowest BCUT2D eigenvalue weighted by Crippen LogP contribution is -2.25. The zero-order valence-electron chi connectivity index (χ0n) is 7.96. The van der Waals surface area contributed by atoms with Crippen LogP contribution in [0.5, 0.6) is 5.88 Å². The third-order valence-electron chi connectivity index (χ3n) is 2.40. The summed E-state index contributed by atoms with van der Waals surface area (Å²) in [6.07, 6.45) is 3.60. The smallest absolute Gasteiger partial charge is 0.242 e. The number of nitrogen functional groups attached to an aromatic ring is 1. The Morgan fingerprint density at radius 3 is 2.71 bits per heavy atom. The summed E-state index contributed by atoms with van der Waals surface area (Å²) >= 11 is 5.71. The van der Waals surface area contributed by atoms with E-state index in [0.717, 1.165) is 12.8 Å². The van der Waals surface area contributed by atoms with Crippen molar-refractivity contribution >= 4 is 17.3 Å². The molecule has 0 bridgehead atoms. The summed E-state index contributed by atoms with van der Waals surface area (Å²) in [7, 11) is 0. The van der Waals surface area contributed by atoms with E-state index in [9.17, 15) is 0 Å². The van der Waals surface area contributed by atoms with Crippen LogP contribution in [-0.2, 0) is 0 Å². The van der Waals surface area contributed by atoms with Crippen molar-refractivity contribution in [1.82, 2.24) is 9.97 Å². The van der Waals surface area contributed by atoms with Crippen molar-refractivity contribution in [2.45, 2.75) is 32.3 Å². The Balaban J connectivity index is 2.22. The monoisotopic (exact) mass is 213 g/mol. The van der Waals surface area contributed by atoms with E-state index in [1.807, 2.05) is 0 Å². The highest BCUT2D eigenvalue weighted by Gasteiger charge is 2.21. The standard InChI is InChI=1S/C9H12ClN3O/c1-5-7(11)8(13-9(10)12-5)14-6-3-2-4-6/h6H,2-4,11H2,1H3. The highest BCUT2D eigenvalue weighted by molar-refractivity contribution is 6.28. The molecule has 0 amide bonds. The van der Waals surface area contributed by atoms with Gasteiger partial charge in [0.25, 0.3) is 0 Å². The molecule has 4 nitrogen and oxygen atoms in total. The Morgan fingerprint density at radius 1 is 1.43 bits per heavy atom. The normalized spacial score (nSPS) is 16.4. The van der Waals surface area contributed by atoms with Crippen LogP contribution < -0.4 is 10.5 Å². The summed E-state index contributed by atoms with van der Waals surface area (Å²) in [4.78, 5) is 7.90. The van der Waals surface area contributed by atoms with Crippen LogP contribution in [0.15, 0.2) is 0 Å². The van der Waals surface area contributed by atoms with Gasteiger partial charge in [0.05, 0.1) is 5.69 Å². The molecule has 0 aromatic carbocycles. The fourth-order valence-corrected chi connectivity index (χ4v) is 1.46. The molecule has 1 heterocycles. The SMILES string of the molecule is Cc1nc(Cl)nc(OC2CCC2)c1N. The quantitative estimate of drug-likeness (QED) is 0.763. The molecule has 2 N–H and O–H groups in total. The Hall–Kier alpha value is -1.03. The maximum absolute atomic E-state index is 5.77. The van der Waals surface area contributed by atoms with Crippen LogP contribution in [0.25, 0.3) is 0 Å². The Kier molecular flexibility index (Phi) is 2.46. The van der Waals surface area contributed by atoms with Gasteiger partial charge in [0.2, 0.25) is 11.2 Å². The van der Waals surface area contributed by atoms with Crippen LogP contribution in [0.4, 0.5) is 5.69 Å². The van der Waals surface area contributed by atoms with Gasteiger partial charge in [-0.1, -0.05) is 0 Å². The number of hydrogen-bond donors (Lipinski definition) is 1. The van der Waals surface area contributed by atoms with Crippen molar-refractivity contribution in [3.63, 3.8) is 0 Å². The van der Waals surface area contributed by atoms with Crippen LogP contribution >= 0.6 is 11.6 Å². The molecular weight excluding hydrogens is 202 g/mol. The molecule has 2 rings (SSSR count). The van der Waals surface area contributed by atoms with Crippen LogP contribution in [0.3, 0.4) is 0 Å². The Labute approximate surface area is 87.4 Å². The maximum atomic E-state index is 5.77. The largest absolute Gasteiger partial charge is 0.473 e. The third kappa shape index (κ3) is 1.75.